The third kappa shape index (κ3) is 2.62. The highest BCUT2D eigenvalue weighted by Gasteiger charge is 2.55. The van der Waals surface area contributed by atoms with Gasteiger partial charge in [-0.1, -0.05) is 13.0 Å². The highest BCUT2D eigenvalue weighted by Crippen LogP contribution is 2.62. The summed E-state index contributed by atoms with van der Waals surface area (Å²) in [4.78, 5) is 22.2. The van der Waals surface area contributed by atoms with E-state index in [2.05, 4.69) is 13.0 Å². The molecule has 1 N–H and O–H groups in total. The van der Waals surface area contributed by atoms with Gasteiger partial charge in [-0.05, 0) is 85.0 Å². The van der Waals surface area contributed by atoms with E-state index in [0.29, 0.717) is 29.9 Å². The van der Waals surface area contributed by atoms with Gasteiger partial charge in [-0.25, -0.2) is 0 Å². The molecule has 0 aromatic heterocycles. The fraction of sp³-hybridized carbons (Fsp3) is 0.667. The first-order valence-corrected chi connectivity index (χ1v) is 10.3. The number of hydrogen-bond donors (Lipinski definition) is 1. The van der Waals surface area contributed by atoms with E-state index in [-0.39, 0.29) is 5.41 Å². The fourth-order valence-corrected chi connectivity index (χ4v) is 6.51. The van der Waals surface area contributed by atoms with Crippen LogP contribution in [0.25, 0.3) is 0 Å². The quantitative estimate of drug-likeness (QED) is 0.827. The Morgan fingerprint density at radius 2 is 2.04 bits per heavy atom. The molecule has 0 heterocycles. The number of fused-ring (bicyclic) bond motifs is 5. The van der Waals surface area contributed by atoms with Gasteiger partial charge >= 0.3 is 0 Å². The largest absolute Gasteiger partial charge is 0.790 e. The predicted octanol–water partition coefficient (Wildman–Crippen LogP) is 2.46. The van der Waals surface area contributed by atoms with Gasteiger partial charge in [0.05, 0.1) is 13.9 Å². The zero-order chi connectivity index (χ0) is 17.1. The third-order valence-electron chi connectivity index (χ3n) is 6.88. The summed E-state index contributed by atoms with van der Waals surface area (Å²) in [7, 11) is -4.94. The minimum absolute atomic E-state index is 0.222. The van der Waals surface area contributed by atoms with Crippen LogP contribution in [0.4, 0.5) is 0 Å². The van der Waals surface area contributed by atoms with Crippen molar-refractivity contribution in [3.8, 4) is 5.75 Å². The number of rotatable bonds is 2. The Morgan fingerprint density at radius 1 is 1.25 bits per heavy atom. The number of phenolic OH excluding ortho intramolecular Hbond substituents is 1. The van der Waals surface area contributed by atoms with Crippen molar-refractivity contribution in [1.82, 2.24) is 0 Å². The lowest BCUT2D eigenvalue weighted by molar-refractivity contribution is -0.347. The molecule has 0 amide bonds. The van der Waals surface area contributed by atoms with Crippen molar-refractivity contribution in [3.05, 3.63) is 29.3 Å². The van der Waals surface area contributed by atoms with Gasteiger partial charge in [-0.2, -0.15) is 0 Å². The highest BCUT2D eigenvalue weighted by molar-refractivity contribution is 7.43. The van der Waals surface area contributed by atoms with Crippen LogP contribution in [-0.4, -0.2) is 11.2 Å². The zero-order valence-corrected chi connectivity index (χ0v) is 14.7. The van der Waals surface area contributed by atoms with Gasteiger partial charge in [0.15, 0.2) is 0 Å². The number of phosphoric ester groups is 1. The zero-order valence-electron chi connectivity index (χ0n) is 13.8. The summed E-state index contributed by atoms with van der Waals surface area (Å²) in [6.45, 7) is 2.10. The van der Waals surface area contributed by atoms with Crippen molar-refractivity contribution in [2.75, 3.05) is 0 Å². The highest BCUT2D eigenvalue weighted by atomic mass is 31.2. The lowest BCUT2D eigenvalue weighted by Gasteiger charge is -2.51. The second-order valence-corrected chi connectivity index (χ2v) is 9.07. The fourth-order valence-electron chi connectivity index (χ4n) is 5.85. The first-order chi connectivity index (χ1) is 11.3. The molecule has 5 atom stereocenters. The average molecular weight is 350 g/mol. The third-order valence-corrected chi connectivity index (χ3v) is 7.39. The summed E-state index contributed by atoms with van der Waals surface area (Å²) in [6, 6.07) is 5.70. The van der Waals surface area contributed by atoms with E-state index in [1.54, 1.807) is 6.07 Å². The number of phenols is 1. The molecule has 4 rings (SSSR count). The standard InChI is InChI=1S/C18H25O5P/c1-18-9-8-14-13-5-3-12(19)10-11(13)2-4-15(14)16(18)6-7-17(18)23-24(20,21)22/h3,5,10,14-17,19H,2,4,6-9H2,1H3,(H2,20,21,22)/p-2/t14-,15-,16-,17-,18-/m0/s1. The van der Waals surface area contributed by atoms with Crippen LogP contribution in [0.2, 0.25) is 0 Å². The maximum absolute atomic E-state index is 11.1. The Kier molecular flexibility index (Phi) is 3.85. The predicted molar refractivity (Wildman–Crippen MR) is 85.2 cm³/mol. The van der Waals surface area contributed by atoms with Crippen LogP contribution in [0.5, 0.6) is 5.75 Å². The molecule has 2 saturated carbocycles. The molecule has 0 unspecified atom stereocenters. The summed E-state index contributed by atoms with van der Waals surface area (Å²) in [5.74, 6) is 1.70. The van der Waals surface area contributed by atoms with Crippen molar-refractivity contribution < 1.29 is 24.0 Å². The number of hydrogen-bond acceptors (Lipinski definition) is 5. The van der Waals surface area contributed by atoms with E-state index in [1.807, 2.05) is 6.07 Å². The molecular formula is C18H23O5P-2. The summed E-state index contributed by atoms with van der Waals surface area (Å²) in [5, 5.41) is 9.72. The topological polar surface area (TPSA) is 92.7 Å². The van der Waals surface area contributed by atoms with Gasteiger partial charge in [0.2, 0.25) is 0 Å². The van der Waals surface area contributed by atoms with E-state index in [0.717, 1.165) is 32.1 Å². The second kappa shape index (κ2) is 5.57. The summed E-state index contributed by atoms with van der Waals surface area (Å²) in [5.41, 5.74) is 2.36. The molecule has 2 fully saturated rings. The molecular weight excluding hydrogens is 327 g/mol. The Hall–Kier alpha value is -0.870. The number of aromatic hydroxyl groups is 1. The lowest BCUT2D eigenvalue weighted by Crippen LogP contribution is -2.45. The Morgan fingerprint density at radius 3 is 2.79 bits per heavy atom. The molecule has 6 heteroatoms. The average Bonchev–Trinajstić information content (AvgIpc) is 2.82. The van der Waals surface area contributed by atoms with Gasteiger partial charge in [-0.15, -0.1) is 0 Å². The molecule has 3 aliphatic rings. The Labute approximate surface area is 142 Å². The van der Waals surface area contributed by atoms with Crippen LogP contribution in [0.1, 0.15) is 56.1 Å². The first-order valence-electron chi connectivity index (χ1n) is 8.80. The minimum atomic E-state index is -4.94. The molecule has 0 bridgehead atoms. The van der Waals surface area contributed by atoms with E-state index in [1.165, 1.54) is 11.1 Å². The normalized spacial score (nSPS) is 38.3. The van der Waals surface area contributed by atoms with Crippen LogP contribution in [-0.2, 0) is 15.5 Å². The summed E-state index contributed by atoms with van der Waals surface area (Å²) >= 11 is 0. The van der Waals surface area contributed by atoms with Gasteiger partial charge in [0, 0.05) is 0 Å². The van der Waals surface area contributed by atoms with Crippen molar-refractivity contribution in [1.29, 1.82) is 0 Å². The Bertz CT molecular complexity index is 699. The van der Waals surface area contributed by atoms with Crippen LogP contribution in [0.15, 0.2) is 18.2 Å². The SMILES string of the molecule is C[C@]12CC[C@H]3c4ccc(O)cc4CC[C@@H]3[C@@H]1CC[C@@H]2OP(=O)([O-])[O-]. The Balaban J connectivity index is 1.62. The van der Waals surface area contributed by atoms with Crippen LogP contribution < -0.4 is 9.79 Å². The molecule has 1 aromatic carbocycles. The molecule has 1 aromatic rings. The molecule has 24 heavy (non-hydrogen) atoms. The maximum Gasteiger partial charge on any atom is 0.115 e. The van der Waals surface area contributed by atoms with Crippen molar-refractivity contribution in [3.63, 3.8) is 0 Å². The first kappa shape index (κ1) is 16.6. The van der Waals surface area contributed by atoms with E-state index < -0.39 is 13.9 Å². The minimum Gasteiger partial charge on any atom is -0.790 e. The van der Waals surface area contributed by atoms with Crippen molar-refractivity contribution in [2.24, 2.45) is 17.3 Å². The van der Waals surface area contributed by atoms with Gasteiger partial charge < -0.3 is 24.0 Å². The van der Waals surface area contributed by atoms with Crippen molar-refractivity contribution >= 4 is 7.82 Å². The van der Waals surface area contributed by atoms with Gasteiger partial charge in [-0.3, -0.25) is 0 Å². The van der Waals surface area contributed by atoms with Gasteiger partial charge in [0.1, 0.15) is 5.75 Å². The van der Waals surface area contributed by atoms with E-state index in [4.69, 9.17) is 4.52 Å². The monoisotopic (exact) mass is 350 g/mol. The number of aryl methyl sites for hydroxylation is 1. The molecule has 0 radical (unpaired) electrons. The smallest absolute Gasteiger partial charge is 0.115 e. The lowest BCUT2D eigenvalue weighted by atomic mass is 9.55. The molecule has 0 spiro atoms. The number of benzene rings is 1. The molecule has 132 valence electrons. The molecule has 3 aliphatic carbocycles. The summed E-state index contributed by atoms with van der Waals surface area (Å²) < 4.78 is 16.1. The van der Waals surface area contributed by atoms with Gasteiger partial charge in [0.25, 0.3) is 0 Å². The van der Waals surface area contributed by atoms with Crippen LogP contribution >= 0.6 is 7.82 Å². The molecule has 5 nitrogen and oxygen atoms in total. The van der Waals surface area contributed by atoms with E-state index >= 15 is 0 Å². The maximum atomic E-state index is 11.1. The molecule has 0 aliphatic heterocycles. The van der Waals surface area contributed by atoms with Crippen LogP contribution in [0.3, 0.4) is 0 Å². The van der Waals surface area contributed by atoms with Crippen molar-refractivity contribution in [2.45, 2.75) is 57.5 Å². The van der Waals surface area contributed by atoms with Crippen LogP contribution in [0, 0.1) is 17.3 Å². The summed E-state index contributed by atoms with van der Waals surface area (Å²) in [6.07, 6.45) is 4.98. The van der Waals surface area contributed by atoms with E-state index in [9.17, 15) is 19.5 Å². The number of phosphoric acid groups is 1. The molecule has 0 saturated heterocycles. The second-order valence-electron chi connectivity index (χ2n) is 7.96.